The lowest BCUT2D eigenvalue weighted by Gasteiger charge is -2.20. The van der Waals surface area contributed by atoms with Crippen LogP contribution >= 0.6 is 0 Å². The third kappa shape index (κ3) is 1.55. The van der Waals surface area contributed by atoms with E-state index in [1.54, 1.807) is 0 Å². The van der Waals surface area contributed by atoms with Gasteiger partial charge in [0.25, 0.3) is 0 Å². The highest BCUT2D eigenvalue weighted by Crippen LogP contribution is 2.23. The largest absolute Gasteiger partial charge is 0.367 e. The van der Waals surface area contributed by atoms with E-state index < -0.39 is 0 Å². The Morgan fingerprint density at radius 2 is 2.44 bits per heavy atom. The van der Waals surface area contributed by atoms with E-state index in [2.05, 4.69) is 26.0 Å². The van der Waals surface area contributed by atoms with Crippen molar-refractivity contribution in [3.05, 3.63) is 12.2 Å². The van der Waals surface area contributed by atoms with E-state index in [4.69, 9.17) is 4.74 Å². The molecular weight excluding hydrogens is 112 g/mol. The second-order valence-electron chi connectivity index (χ2n) is 2.78. The van der Waals surface area contributed by atoms with Gasteiger partial charge < -0.3 is 4.74 Å². The summed E-state index contributed by atoms with van der Waals surface area (Å²) in [7, 11) is 0. The number of hydrogen-bond donors (Lipinski definition) is 0. The maximum absolute atomic E-state index is 5.47. The van der Waals surface area contributed by atoms with Gasteiger partial charge in [0, 0.05) is 0 Å². The summed E-state index contributed by atoms with van der Waals surface area (Å²) < 4.78 is 5.47. The molecule has 1 rings (SSSR count). The van der Waals surface area contributed by atoms with Gasteiger partial charge in [0.15, 0.2) is 0 Å². The van der Waals surface area contributed by atoms with Crippen LogP contribution in [0.2, 0.25) is 0 Å². The molecule has 0 bridgehead atoms. The van der Waals surface area contributed by atoms with Crippen LogP contribution in [0.25, 0.3) is 0 Å². The molecular formula is C8H14O. The second-order valence-corrected chi connectivity index (χ2v) is 2.78. The van der Waals surface area contributed by atoms with E-state index in [0.717, 1.165) is 13.0 Å². The van der Waals surface area contributed by atoms with Gasteiger partial charge in [-0.25, -0.2) is 0 Å². The molecule has 0 aromatic heterocycles. The average molecular weight is 126 g/mol. The average Bonchev–Trinajstić information content (AvgIpc) is 2.16. The molecule has 0 aromatic rings. The van der Waals surface area contributed by atoms with Crippen LogP contribution in [0.4, 0.5) is 0 Å². The Hall–Kier alpha value is -0.300. The zero-order valence-corrected chi connectivity index (χ0v) is 6.18. The highest BCUT2D eigenvalue weighted by Gasteiger charge is 2.22. The first-order valence-electron chi connectivity index (χ1n) is 3.58. The minimum Gasteiger partial charge on any atom is -0.367 e. The Morgan fingerprint density at radius 3 is 2.89 bits per heavy atom. The summed E-state index contributed by atoms with van der Waals surface area (Å²) in [4.78, 5) is 0. The normalized spacial score (nSPS) is 33.6. The van der Waals surface area contributed by atoms with Crippen LogP contribution in [0.5, 0.6) is 0 Å². The van der Waals surface area contributed by atoms with E-state index in [-0.39, 0.29) is 5.60 Å². The summed E-state index contributed by atoms with van der Waals surface area (Å²) in [6, 6.07) is 0. The van der Waals surface area contributed by atoms with Crippen LogP contribution in [0, 0.1) is 0 Å². The van der Waals surface area contributed by atoms with Crippen molar-refractivity contribution in [2.45, 2.75) is 32.3 Å². The fraction of sp³-hybridized carbons (Fsp3) is 0.750. The zero-order chi connectivity index (χ0) is 6.74. The predicted octanol–water partition coefficient (Wildman–Crippen LogP) is 2.13. The van der Waals surface area contributed by atoms with Crippen molar-refractivity contribution in [2.75, 3.05) is 6.61 Å². The van der Waals surface area contributed by atoms with Crippen molar-refractivity contribution in [3.8, 4) is 0 Å². The minimum atomic E-state index is 0.0642. The van der Waals surface area contributed by atoms with Gasteiger partial charge in [0.05, 0.1) is 12.2 Å². The molecule has 1 aliphatic heterocycles. The fourth-order valence-electron chi connectivity index (χ4n) is 1.24. The van der Waals surface area contributed by atoms with Crippen LogP contribution < -0.4 is 0 Å². The van der Waals surface area contributed by atoms with E-state index in [0.29, 0.717) is 0 Å². The second kappa shape index (κ2) is 2.53. The maximum Gasteiger partial charge on any atom is 0.0839 e. The summed E-state index contributed by atoms with van der Waals surface area (Å²) >= 11 is 0. The third-order valence-electron chi connectivity index (χ3n) is 1.73. The highest BCUT2D eigenvalue weighted by molar-refractivity contribution is 5.04. The first-order chi connectivity index (χ1) is 4.27. The molecule has 0 radical (unpaired) electrons. The Morgan fingerprint density at radius 1 is 1.67 bits per heavy atom. The van der Waals surface area contributed by atoms with Crippen LogP contribution in [-0.2, 0) is 4.74 Å². The van der Waals surface area contributed by atoms with Gasteiger partial charge in [-0.1, -0.05) is 25.5 Å². The Labute approximate surface area is 56.7 Å². The summed E-state index contributed by atoms with van der Waals surface area (Å²) in [6.07, 6.45) is 6.59. The van der Waals surface area contributed by atoms with Gasteiger partial charge >= 0.3 is 0 Å². The lowest BCUT2D eigenvalue weighted by Crippen LogP contribution is -2.21. The predicted molar refractivity (Wildman–Crippen MR) is 38.4 cm³/mol. The lowest BCUT2D eigenvalue weighted by molar-refractivity contribution is 0.0342. The van der Waals surface area contributed by atoms with Gasteiger partial charge in [-0.3, -0.25) is 0 Å². The monoisotopic (exact) mass is 126 g/mol. The SMILES string of the molecule is CCCC1(C)C=CCO1. The lowest BCUT2D eigenvalue weighted by atomic mass is 10.0. The highest BCUT2D eigenvalue weighted by atomic mass is 16.5. The first-order valence-corrected chi connectivity index (χ1v) is 3.58. The summed E-state index contributed by atoms with van der Waals surface area (Å²) in [5, 5.41) is 0. The summed E-state index contributed by atoms with van der Waals surface area (Å²) in [5.41, 5.74) is 0.0642. The van der Waals surface area contributed by atoms with Crippen molar-refractivity contribution >= 4 is 0 Å². The Bertz CT molecular complexity index is 118. The zero-order valence-electron chi connectivity index (χ0n) is 6.18. The standard InChI is InChI=1S/C8H14O/c1-3-5-8(2)6-4-7-9-8/h4,6H,3,5,7H2,1-2H3. The van der Waals surface area contributed by atoms with E-state index in [1.807, 2.05) is 0 Å². The molecule has 0 fully saturated rings. The molecule has 0 aliphatic carbocycles. The molecule has 1 nitrogen and oxygen atoms in total. The number of ether oxygens (including phenoxy) is 1. The summed E-state index contributed by atoms with van der Waals surface area (Å²) in [5.74, 6) is 0. The molecule has 0 saturated heterocycles. The van der Waals surface area contributed by atoms with E-state index in [1.165, 1.54) is 6.42 Å². The van der Waals surface area contributed by atoms with Crippen LogP contribution in [-0.4, -0.2) is 12.2 Å². The van der Waals surface area contributed by atoms with Crippen molar-refractivity contribution in [1.29, 1.82) is 0 Å². The smallest absolute Gasteiger partial charge is 0.0839 e. The van der Waals surface area contributed by atoms with Crippen LogP contribution in [0.1, 0.15) is 26.7 Å². The Balaban J connectivity index is 2.42. The van der Waals surface area contributed by atoms with Gasteiger partial charge in [0.2, 0.25) is 0 Å². The number of hydrogen-bond acceptors (Lipinski definition) is 1. The molecule has 0 saturated carbocycles. The van der Waals surface area contributed by atoms with Crippen LogP contribution in [0.3, 0.4) is 0 Å². The van der Waals surface area contributed by atoms with E-state index in [9.17, 15) is 0 Å². The van der Waals surface area contributed by atoms with Crippen molar-refractivity contribution < 1.29 is 4.74 Å². The fourth-order valence-corrected chi connectivity index (χ4v) is 1.24. The molecule has 52 valence electrons. The van der Waals surface area contributed by atoms with Crippen molar-refractivity contribution in [3.63, 3.8) is 0 Å². The summed E-state index contributed by atoms with van der Waals surface area (Å²) in [6.45, 7) is 5.12. The molecule has 0 N–H and O–H groups in total. The molecule has 0 spiro atoms. The van der Waals surface area contributed by atoms with Gasteiger partial charge in [-0.15, -0.1) is 0 Å². The van der Waals surface area contributed by atoms with Crippen molar-refractivity contribution in [2.24, 2.45) is 0 Å². The minimum absolute atomic E-state index is 0.0642. The molecule has 1 aliphatic rings. The molecule has 1 unspecified atom stereocenters. The molecule has 0 amide bonds. The van der Waals surface area contributed by atoms with Gasteiger partial charge in [-0.2, -0.15) is 0 Å². The van der Waals surface area contributed by atoms with E-state index >= 15 is 0 Å². The third-order valence-corrected chi connectivity index (χ3v) is 1.73. The molecule has 1 heterocycles. The quantitative estimate of drug-likeness (QED) is 0.515. The van der Waals surface area contributed by atoms with Crippen molar-refractivity contribution in [1.82, 2.24) is 0 Å². The topological polar surface area (TPSA) is 9.23 Å². The molecule has 1 heteroatoms. The molecule has 1 atom stereocenters. The maximum atomic E-state index is 5.47. The molecule has 0 aromatic carbocycles. The van der Waals surface area contributed by atoms with Crippen LogP contribution in [0.15, 0.2) is 12.2 Å². The molecule has 9 heavy (non-hydrogen) atoms. The van der Waals surface area contributed by atoms with Gasteiger partial charge in [0.1, 0.15) is 0 Å². The first kappa shape index (κ1) is 6.81. The van der Waals surface area contributed by atoms with Gasteiger partial charge in [-0.05, 0) is 13.3 Å². The Kier molecular flexibility index (Phi) is 1.91. The number of rotatable bonds is 2.